The second kappa shape index (κ2) is 50.2. The molecule has 2 fully saturated rings. The summed E-state index contributed by atoms with van der Waals surface area (Å²) in [4.78, 5) is 88.9. The maximum Gasteiger partial charge on any atom is 0.306 e. The van der Waals surface area contributed by atoms with Gasteiger partial charge in [-0.05, 0) is 92.4 Å². The second-order valence-corrected chi connectivity index (χ2v) is 26.2. The Morgan fingerprint density at radius 3 is 1.37 bits per heavy atom. The molecule has 4 amide bonds. The van der Waals surface area contributed by atoms with Gasteiger partial charge in [-0.3, -0.25) is 33.6 Å². The van der Waals surface area contributed by atoms with E-state index >= 15 is 0 Å². The highest BCUT2D eigenvalue weighted by Gasteiger charge is 2.43. The van der Waals surface area contributed by atoms with Gasteiger partial charge in [0.15, 0.2) is 18.4 Å². The molecule has 95 heavy (non-hydrogen) atoms. The molecule has 20 nitrogen and oxygen atoms in total. The number of carbonyl (C=O) groups excluding carboxylic acids is 7. The number of ketones is 2. The lowest BCUT2D eigenvalue weighted by Gasteiger charge is -2.44. The van der Waals surface area contributed by atoms with Crippen molar-refractivity contribution in [1.29, 1.82) is 0 Å². The topological polar surface area (TPSA) is 251 Å². The Morgan fingerprint density at radius 2 is 0.884 bits per heavy atom. The van der Waals surface area contributed by atoms with Crippen molar-refractivity contribution in [3.05, 3.63) is 65.2 Å². The number of amides is 4. The van der Waals surface area contributed by atoms with Gasteiger partial charge in [0.25, 0.3) is 5.91 Å². The maximum atomic E-state index is 13.6. The summed E-state index contributed by atoms with van der Waals surface area (Å²) in [7, 11) is 0. The van der Waals surface area contributed by atoms with Gasteiger partial charge in [0, 0.05) is 75.9 Å². The Kier molecular flexibility index (Phi) is 43.4. The van der Waals surface area contributed by atoms with Crippen LogP contribution in [0.5, 0.6) is 0 Å². The Bertz CT molecular complexity index is 2370. The molecule has 0 radical (unpaired) electrons. The van der Waals surface area contributed by atoms with Gasteiger partial charge >= 0.3 is 5.97 Å². The molecule has 4 N–H and O–H groups in total. The first kappa shape index (κ1) is 82.2. The van der Waals surface area contributed by atoms with E-state index in [0.717, 1.165) is 95.5 Å². The third-order valence-corrected chi connectivity index (χ3v) is 18.4. The third-order valence-electron chi connectivity index (χ3n) is 18.4. The number of rotatable bonds is 54. The van der Waals surface area contributed by atoms with E-state index in [2.05, 4.69) is 62.8 Å². The van der Waals surface area contributed by atoms with Crippen LogP contribution in [0.15, 0.2) is 48.5 Å². The van der Waals surface area contributed by atoms with E-state index in [0.29, 0.717) is 102 Å². The van der Waals surface area contributed by atoms with Crippen molar-refractivity contribution < 1.29 is 76.2 Å². The molecule has 2 saturated heterocycles. The van der Waals surface area contributed by atoms with Crippen molar-refractivity contribution in [3.63, 3.8) is 0 Å². The molecule has 2 aromatic carbocycles. The number of benzene rings is 2. The molecule has 2 unspecified atom stereocenters. The average molecular weight is 1340 g/mol. The summed E-state index contributed by atoms with van der Waals surface area (Å²) < 4.78 is 52.9. The Labute approximate surface area is 569 Å². The first-order chi connectivity index (χ1) is 46.0. The molecule has 20 heteroatoms. The molecule has 0 aliphatic carbocycles. The number of unbranched alkanes of at least 4 members (excludes halogenated alkanes) is 16. The van der Waals surface area contributed by atoms with Crippen LogP contribution in [0, 0.1) is 23.7 Å². The summed E-state index contributed by atoms with van der Waals surface area (Å²) in [6.07, 6.45) is 22.5. The van der Waals surface area contributed by atoms with Gasteiger partial charge in [0.2, 0.25) is 17.7 Å². The monoisotopic (exact) mass is 1330 g/mol. The molecule has 2 aliphatic heterocycles. The molecule has 2 aliphatic rings. The first-order valence-corrected chi connectivity index (χ1v) is 36.4. The standard InChI is InChI=1S/C75H122N4O16/c1-9-67-55(3)57(5)71(77-59(7)80)74(94-67)91-49-47-89-45-43-87-41-32-37-66(83)62-51-63(73(86)76-40-42-88-44-46-90-48-50-92-75-72(78-60(8)81)58(6)56(4)68(10-2)95-75)53-64(52-62)79-69(84)38-30-23-19-16-15-18-22-29-36-65(82)35-28-21-17-13-11-12-14-20-24-31-39-70(85)93-54-61-33-26-25-27-34-61/h25-27,33-34,51-53,55-58,67-68,71-72,74-75H,9-24,28-32,35-50,54H2,1-8H3,(H,76,86)(H,77,80)(H,78,81)(H,79,84)/t55-,56-,57+,58+,67-,68-,71-,72-,74?,75?/m1/s1. The number of hydrogen-bond donors (Lipinski definition) is 4. The quantitative estimate of drug-likeness (QED) is 0.0273. The normalized spacial score (nSPS) is 21.0. The molecule has 0 saturated carbocycles. The van der Waals surface area contributed by atoms with Gasteiger partial charge in [-0.2, -0.15) is 0 Å². The summed E-state index contributed by atoms with van der Waals surface area (Å²) in [5, 5.41) is 11.8. The van der Waals surface area contributed by atoms with E-state index in [1.807, 2.05) is 30.3 Å². The highest BCUT2D eigenvalue weighted by Crippen LogP contribution is 2.34. The summed E-state index contributed by atoms with van der Waals surface area (Å²) >= 11 is 0. The third kappa shape index (κ3) is 35.2. The predicted octanol–water partition coefficient (Wildman–Crippen LogP) is 13.1. The van der Waals surface area contributed by atoms with Crippen molar-refractivity contribution in [2.75, 3.05) is 77.9 Å². The van der Waals surface area contributed by atoms with Crippen molar-refractivity contribution >= 4 is 46.9 Å². The van der Waals surface area contributed by atoms with E-state index in [9.17, 15) is 33.6 Å². The fourth-order valence-electron chi connectivity index (χ4n) is 12.4. The lowest BCUT2D eigenvalue weighted by molar-refractivity contribution is -0.239. The van der Waals surface area contributed by atoms with Crippen LogP contribution >= 0.6 is 0 Å². The zero-order valence-corrected chi connectivity index (χ0v) is 59.3. The summed E-state index contributed by atoms with van der Waals surface area (Å²) in [6.45, 7) is 19.1. The van der Waals surface area contributed by atoms with Gasteiger partial charge in [-0.25, -0.2) is 0 Å². The summed E-state index contributed by atoms with van der Waals surface area (Å²) in [6, 6.07) is 14.0. The minimum Gasteiger partial charge on any atom is -0.461 e. The number of anilines is 1. The molecule has 0 aromatic heterocycles. The lowest BCUT2D eigenvalue weighted by atomic mass is 9.81. The molecule has 2 aromatic rings. The lowest BCUT2D eigenvalue weighted by Crippen LogP contribution is -2.57. The molecule has 0 spiro atoms. The minimum atomic E-state index is -0.572. The molecule has 2 heterocycles. The SMILES string of the molecule is CC[C@H]1OC(OCCOCCOCCCC(=O)c2cc(NC(=O)CCCCCCCCCCC(=O)CCCCCCCCCCCCC(=O)OCc3ccccc3)cc(C(=O)NCCOCCOCCOC3O[C@H](CC)[C@H](C)[C@H](C)[C@H]3NC(C)=O)c2)[C@H](NC(C)=O)[C@@H](C)[C@H]1C. The second-order valence-electron chi connectivity index (χ2n) is 26.2. The van der Waals surface area contributed by atoms with E-state index < -0.39 is 18.5 Å². The van der Waals surface area contributed by atoms with Gasteiger partial charge in [-0.15, -0.1) is 0 Å². The zero-order valence-electron chi connectivity index (χ0n) is 59.3. The number of hydrogen-bond acceptors (Lipinski definition) is 16. The molecular weight excluding hydrogens is 1210 g/mol. The predicted molar refractivity (Wildman–Crippen MR) is 369 cm³/mol. The van der Waals surface area contributed by atoms with Crippen LogP contribution in [0.25, 0.3) is 0 Å². The smallest absolute Gasteiger partial charge is 0.306 e. The number of Topliss-reactive ketones (excluding diaryl/α,β-unsaturated/α-hetero) is 2. The Morgan fingerprint density at radius 1 is 0.453 bits per heavy atom. The van der Waals surface area contributed by atoms with Gasteiger partial charge < -0.3 is 63.9 Å². The van der Waals surface area contributed by atoms with E-state index in [-0.39, 0.29) is 122 Å². The van der Waals surface area contributed by atoms with Crippen LogP contribution in [0.2, 0.25) is 0 Å². The average Bonchev–Trinajstić information content (AvgIpc) is 0.840. The van der Waals surface area contributed by atoms with Gasteiger partial charge in [0.1, 0.15) is 12.4 Å². The summed E-state index contributed by atoms with van der Waals surface area (Å²) in [5.74, 6) is 0.0897. The van der Waals surface area contributed by atoms with Gasteiger partial charge in [-0.1, -0.05) is 162 Å². The molecule has 538 valence electrons. The van der Waals surface area contributed by atoms with Gasteiger partial charge in [0.05, 0.1) is 83.8 Å². The summed E-state index contributed by atoms with van der Waals surface area (Å²) in [5.41, 5.74) is 1.92. The number of esters is 1. The maximum absolute atomic E-state index is 13.6. The number of carbonyl (C=O) groups is 7. The van der Waals surface area contributed by atoms with Crippen LogP contribution in [-0.2, 0) is 73.2 Å². The molecule has 10 atom stereocenters. The van der Waals surface area contributed by atoms with Crippen molar-refractivity contribution in [1.82, 2.24) is 16.0 Å². The highest BCUT2D eigenvalue weighted by molar-refractivity contribution is 6.03. The molecule has 0 bridgehead atoms. The number of ether oxygens (including phenoxy) is 9. The van der Waals surface area contributed by atoms with Crippen LogP contribution in [0.4, 0.5) is 5.69 Å². The Balaban J connectivity index is 1.09. The largest absolute Gasteiger partial charge is 0.461 e. The van der Waals surface area contributed by atoms with Crippen molar-refractivity contribution in [2.24, 2.45) is 23.7 Å². The first-order valence-electron chi connectivity index (χ1n) is 36.4. The highest BCUT2D eigenvalue weighted by atomic mass is 16.7. The molecular formula is C75H122N4O16. The van der Waals surface area contributed by atoms with Crippen LogP contribution in [0.1, 0.15) is 249 Å². The van der Waals surface area contributed by atoms with E-state index in [4.69, 9.17) is 42.6 Å². The van der Waals surface area contributed by atoms with Crippen LogP contribution in [0.3, 0.4) is 0 Å². The van der Waals surface area contributed by atoms with Crippen molar-refractivity contribution in [3.8, 4) is 0 Å². The fourth-order valence-corrected chi connectivity index (χ4v) is 12.4. The van der Waals surface area contributed by atoms with E-state index in [1.54, 1.807) is 18.2 Å². The van der Waals surface area contributed by atoms with Crippen LogP contribution < -0.4 is 21.3 Å². The van der Waals surface area contributed by atoms with Crippen molar-refractivity contribution in [2.45, 2.75) is 266 Å². The van der Waals surface area contributed by atoms with E-state index in [1.165, 1.54) is 46.0 Å². The fraction of sp³-hybridized carbons (Fsp3) is 0.747. The van der Waals surface area contributed by atoms with Crippen LogP contribution in [-0.4, -0.2) is 151 Å². The zero-order chi connectivity index (χ0) is 68.8. The molecule has 4 rings (SSSR count). The Hall–Kier alpha value is -5.19. The number of nitrogens with one attached hydrogen (secondary N) is 4. The minimum absolute atomic E-state index is 0.0335.